The number of aryl methyl sites for hydroxylation is 1. The monoisotopic (exact) mass is 244 g/mol. The van der Waals surface area contributed by atoms with E-state index in [9.17, 15) is 4.79 Å². The molecule has 2 N–H and O–H groups in total. The van der Waals surface area contributed by atoms with Gasteiger partial charge in [-0.2, -0.15) is 5.10 Å². The zero-order valence-corrected chi connectivity index (χ0v) is 10.7. The van der Waals surface area contributed by atoms with Gasteiger partial charge in [0.05, 0.1) is 0 Å². The van der Waals surface area contributed by atoms with Gasteiger partial charge >= 0.3 is 5.97 Å². The zero-order valence-electron chi connectivity index (χ0n) is 10.7. The van der Waals surface area contributed by atoms with Crippen molar-refractivity contribution in [1.82, 2.24) is 10.2 Å². The lowest BCUT2D eigenvalue weighted by molar-refractivity contribution is 0.0690. The van der Waals surface area contributed by atoms with Gasteiger partial charge in [-0.15, -0.1) is 0 Å². The molecule has 1 aromatic heterocycles. The fraction of sp³-hybridized carbons (Fsp3) is 0.286. The van der Waals surface area contributed by atoms with Crippen molar-refractivity contribution in [2.75, 3.05) is 0 Å². The third kappa shape index (κ3) is 2.01. The van der Waals surface area contributed by atoms with Crippen LogP contribution in [0.2, 0.25) is 0 Å². The van der Waals surface area contributed by atoms with E-state index in [1.54, 1.807) is 6.07 Å². The summed E-state index contributed by atoms with van der Waals surface area (Å²) in [4.78, 5) is 10.9. The third-order valence-corrected chi connectivity index (χ3v) is 3.29. The number of H-pyrrole nitrogens is 1. The topological polar surface area (TPSA) is 66.0 Å². The lowest BCUT2D eigenvalue weighted by Crippen LogP contribution is -2.20. The predicted molar refractivity (Wildman–Crippen MR) is 68.9 cm³/mol. The first-order valence-electron chi connectivity index (χ1n) is 5.78. The Bertz CT molecular complexity index is 585. The number of nitrogens with zero attached hydrogens (tertiary/aromatic N) is 1. The number of carbonyl (C=O) groups is 1. The maximum absolute atomic E-state index is 10.9. The zero-order chi connectivity index (χ0) is 13.3. The molecule has 0 unspecified atom stereocenters. The average Bonchev–Trinajstić information content (AvgIpc) is 2.79. The van der Waals surface area contributed by atoms with Gasteiger partial charge < -0.3 is 5.11 Å². The van der Waals surface area contributed by atoms with Crippen LogP contribution in [0.3, 0.4) is 0 Å². The van der Waals surface area contributed by atoms with Crippen LogP contribution in [0.4, 0.5) is 0 Å². The lowest BCUT2D eigenvalue weighted by Gasteiger charge is -2.25. The number of hydrogen-bond acceptors (Lipinski definition) is 2. The Morgan fingerprint density at radius 3 is 2.56 bits per heavy atom. The molecule has 0 spiro atoms. The van der Waals surface area contributed by atoms with E-state index in [-0.39, 0.29) is 11.1 Å². The maximum atomic E-state index is 10.9. The summed E-state index contributed by atoms with van der Waals surface area (Å²) < 4.78 is 0. The van der Waals surface area contributed by atoms with Crippen LogP contribution in [0.15, 0.2) is 30.3 Å². The average molecular weight is 244 g/mol. The minimum atomic E-state index is -1.02. The van der Waals surface area contributed by atoms with E-state index in [4.69, 9.17) is 5.11 Å². The standard InChI is InChI=1S/C14H16N2O2/c1-9-6-4-5-7-10(9)14(2,3)12-8-11(13(17)18)15-16-12/h4-8H,1-3H3,(H,15,16)(H,17,18). The number of carboxylic acids is 1. The van der Waals surface area contributed by atoms with Crippen LogP contribution >= 0.6 is 0 Å². The van der Waals surface area contributed by atoms with Crippen molar-refractivity contribution in [2.45, 2.75) is 26.2 Å². The van der Waals surface area contributed by atoms with Gasteiger partial charge in [0, 0.05) is 11.1 Å². The Balaban J connectivity index is 2.47. The number of carboxylic acid groups (broad SMARTS) is 1. The first-order valence-corrected chi connectivity index (χ1v) is 5.78. The number of rotatable bonds is 3. The van der Waals surface area contributed by atoms with Crippen molar-refractivity contribution in [1.29, 1.82) is 0 Å². The van der Waals surface area contributed by atoms with Gasteiger partial charge in [-0.3, -0.25) is 5.10 Å². The first kappa shape index (κ1) is 12.4. The molecule has 1 aromatic carbocycles. The van der Waals surface area contributed by atoms with Crippen molar-refractivity contribution in [3.05, 3.63) is 52.8 Å². The molecular weight excluding hydrogens is 228 g/mol. The second-order valence-electron chi connectivity index (χ2n) is 4.91. The van der Waals surface area contributed by atoms with Gasteiger partial charge in [-0.25, -0.2) is 4.79 Å². The fourth-order valence-electron chi connectivity index (χ4n) is 2.17. The lowest BCUT2D eigenvalue weighted by atomic mass is 9.79. The number of aromatic carboxylic acids is 1. The molecule has 18 heavy (non-hydrogen) atoms. The van der Waals surface area contributed by atoms with Gasteiger partial charge in [0.25, 0.3) is 0 Å². The van der Waals surface area contributed by atoms with E-state index in [0.717, 1.165) is 11.3 Å². The molecule has 0 amide bonds. The number of benzene rings is 1. The summed E-state index contributed by atoms with van der Waals surface area (Å²) in [6, 6.07) is 9.67. The maximum Gasteiger partial charge on any atom is 0.356 e. The van der Waals surface area contributed by atoms with Gasteiger partial charge in [0.15, 0.2) is 5.69 Å². The SMILES string of the molecule is Cc1ccccc1C(C)(C)c1cc(C(=O)O)n[nH]1. The highest BCUT2D eigenvalue weighted by Gasteiger charge is 2.27. The highest BCUT2D eigenvalue weighted by atomic mass is 16.4. The van der Waals surface area contributed by atoms with Crippen LogP contribution < -0.4 is 0 Å². The molecule has 1 heterocycles. The Morgan fingerprint density at radius 2 is 2.00 bits per heavy atom. The molecule has 0 saturated heterocycles. The molecule has 94 valence electrons. The van der Waals surface area contributed by atoms with Crippen LogP contribution in [-0.4, -0.2) is 21.3 Å². The molecule has 0 aliphatic rings. The number of aromatic amines is 1. The summed E-state index contributed by atoms with van der Waals surface area (Å²) in [7, 11) is 0. The summed E-state index contributed by atoms with van der Waals surface area (Å²) in [6.45, 7) is 6.15. The fourth-order valence-corrected chi connectivity index (χ4v) is 2.17. The van der Waals surface area contributed by atoms with E-state index >= 15 is 0 Å². The summed E-state index contributed by atoms with van der Waals surface area (Å²) in [5, 5.41) is 15.5. The molecular formula is C14H16N2O2. The minimum absolute atomic E-state index is 0.0478. The van der Waals surface area contributed by atoms with E-state index < -0.39 is 5.97 Å². The molecule has 0 bridgehead atoms. The van der Waals surface area contributed by atoms with Crippen molar-refractivity contribution >= 4 is 5.97 Å². The molecule has 0 radical (unpaired) electrons. The number of nitrogens with one attached hydrogen (secondary N) is 1. The Labute approximate surface area is 106 Å². The van der Waals surface area contributed by atoms with Crippen molar-refractivity contribution in [2.24, 2.45) is 0 Å². The molecule has 0 atom stereocenters. The normalized spacial score (nSPS) is 11.5. The second kappa shape index (κ2) is 4.29. The predicted octanol–water partition coefficient (Wildman–Crippen LogP) is 2.74. The largest absolute Gasteiger partial charge is 0.476 e. The van der Waals surface area contributed by atoms with Crippen LogP contribution in [0.5, 0.6) is 0 Å². The molecule has 0 fully saturated rings. The molecule has 2 aromatic rings. The highest BCUT2D eigenvalue weighted by Crippen LogP contribution is 2.32. The molecule has 0 saturated carbocycles. The van der Waals surface area contributed by atoms with Crippen LogP contribution in [0.25, 0.3) is 0 Å². The first-order chi connectivity index (χ1) is 8.43. The summed E-state index contributed by atoms with van der Waals surface area (Å²) in [5.74, 6) is -1.02. The van der Waals surface area contributed by atoms with E-state index in [1.165, 1.54) is 5.56 Å². The Morgan fingerprint density at radius 1 is 1.33 bits per heavy atom. The van der Waals surface area contributed by atoms with Gasteiger partial charge in [-0.1, -0.05) is 38.1 Å². The minimum Gasteiger partial charge on any atom is -0.476 e. The van der Waals surface area contributed by atoms with Crippen molar-refractivity contribution in [3.63, 3.8) is 0 Å². The highest BCUT2D eigenvalue weighted by molar-refractivity contribution is 5.85. The van der Waals surface area contributed by atoms with Crippen molar-refractivity contribution in [3.8, 4) is 0 Å². The summed E-state index contributed by atoms with van der Waals surface area (Å²) >= 11 is 0. The summed E-state index contributed by atoms with van der Waals surface area (Å²) in [5.41, 5.74) is 2.88. The molecule has 0 aliphatic heterocycles. The Kier molecular flexibility index (Phi) is 2.95. The molecule has 0 aliphatic carbocycles. The molecule has 2 rings (SSSR count). The second-order valence-corrected chi connectivity index (χ2v) is 4.91. The van der Waals surface area contributed by atoms with E-state index in [0.29, 0.717) is 0 Å². The van der Waals surface area contributed by atoms with Crippen LogP contribution in [-0.2, 0) is 5.41 Å². The Hall–Kier alpha value is -2.10. The van der Waals surface area contributed by atoms with E-state index in [1.807, 2.05) is 25.1 Å². The van der Waals surface area contributed by atoms with Crippen LogP contribution in [0.1, 0.15) is 41.2 Å². The van der Waals surface area contributed by atoms with Gasteiger partial charge in [0.2, 0.25) is 0 Å². The number of hydrogen-bond donors (Lipinski definition) is 2. The van der Waals surface area contributed by atoms with Gasteiger partial charge in [0.1, 0.15) is 0 Å². The summed E-state index contributed by atoms with van der Waals surface area (Å²) in [6.07, 6.45) is 0. The number of aromatic nitrogens is 2. The van der Waals surface area contributed by atoms with Gasteiger partial charge in [-0.05, 0) is 24.1 Å². The quantitative estimate of drug-likeness (QED) is 0.872. The van der Waals surface area contributed by atoms with E-state index in [2.05, 4.69) is 30.1 Å². The van der Waals surface area contributed by atoms with Crippen molar-refractivity contribution < 1.29 is 9.90 Å². The third-order valence-electron chi connectivity index (χ3n) is 3.29. The molecule has 4 nitrogen and oxygen atoms in total. The smallest absolute Gasteiger partial charge is 0.356 e. The molecule has 4 heteroatoms. The van der Waals surface area contributed by atoms with Crippen LogP contribution in [0, 0.1) is 6.92 Å².